The van der Waals surface area contributed by atoms with Gasteiger partial charge in [0.1, 0.15) is 0 Å². The van der Waals surface area contributed by atoms with Crippen molar-refractivity contribution < 1.29 is 4.79 Å². The highest BCUT2D eigenvalue weighted by Gasteiger charge is 2.14. The number of benzene rings is 1. The minimum Gasteiger partial charge on any atom is -0.398 e. The van der Waals surface area contributed by atoms with Crippen LogP contribution in [0.15, 0.2) is 23.1 Å². The maximum atomic E-state index is 11.2. The van der Waals surface area contributed by atoms with E-state index >= 15 is 0 Å². The zero-order valence-corrected chi connectivity index (χ0v) is 9.60. The summed E-state index contributed by atoms with van der Waals surface area (Å²) in [5.41, 5.74) is 9.74. The summed E-state index contributed by atoms with van der Waals surface area (Å²) in [5, 5.41) is -0.250. The smallest absolute Gasteiger partial charge is 0.247 e. The molecule has 1 aromatic carbocycles. The predicted octanol–water partition coefficient (Wildman–Crippen LogP) is 1.05. The molecule has 0 saturated heterocycles. The highest BCUT2D eigenvalue weighted by Crippen LogP contribution is 2.29. The average molecular weight is 225 g/mol. The summed E-state index contributed by atoms with van der Waals surface area (Å²) in [4.78, 5) is 12.1. The van der Waals surface area contributed by atoms with Crippen molar-refractivity contribution in [3.63, 3.8) is 0 Å². The summed E-state index contributed by atoms with van der Waals surface area (Å²) in [7, 11) is 0. The first-order valence-electron chi connectivity index (χ1n) is 4.58. The third-order valence-corrected chi connectivity index (χ3v) is 3.17. The van der Waals surface area contributed by atoms with Crippen LogP contribution in [0.4, 0.5) is 5.69 Å². The van der Waals surface area contributed by atoms with Gasteiger partial charge in [-0.2, -0.15) is 0 Å². The van der Waals surface area contributed by atoms with Crippen molar-refractivity contribution in [1.29, 1.82) is 0 Å². The van der Waals surface area contributed by atoms with Crippen LogP contribution in [0.5, 0.6) is 0 Å². The molecule has 15 heavy (non-hydrogen) atoms. The van der Waals surface area contributed by atoms with Crippen molar-refractivity contribution in [2.24, 2.45) is 5.84 Å². The second-order valence-corrected chi connectivity index (χ2v) is 4.69. The predicted molar refractivity (Wildman–Crippen MR) is 63.2 cm³/mol. The van der Waals surface area contributed by atoms with Crippen molar-refractivity contribution >= 4 is 23.4 Å². The van der Waals surface area contributed by atoms with Gasteiger partial charge in [-0.05, 0) is 31.5 Å². The summed E-state index contributed by atoms with van der Waals surface area (Å²) in [6, 6.07) is 5.76. The second-order valence-electron chi connectivity index (χ2n) is 3.31. The van der Waals surface area contributed by atoms with Crippen LogP contribution < -0.4 is 17.0 Å². The Bertz CT molecular complexity index is 368. The lowest BCUT2D eigenvalue weighted by molar-refractivity contribution is -0.120. The first-order chi connectivity index (χ1) is 7.04. The van der Waals surface area contributed by atoms with E-state index in [9.17, 15) is 4.79 Å². The highest BCUT2D eigenvalue weighted by molar-refractivity contribution is 8.00. The van der Waals surface area contributed by atoms with Gasteiger partial charge in [-0.3, -0.25) is 10.2 Å². The van der Waals surface area contributed by atoms with Gasteiger partial charge in [-0.25, -0.2) is 5.84 Å². The molecule has 1 atom stereocenters. The SMILES string of the molecule is Cc1ccc(SC(C)C(=O)NN)c(N)c1. The number of rotatable bonds is 3. The molecule has 0 bridgehead atoms. The van der Waals surface area contributed by atoms with Crippen LogP contribution in [0.2, 0.25) is 0 Å². The fourth-order valence-electron chi connectivity index (χ4n) is 1.14. The summed E-state index contributed by atoms with van der Waals surface area (Å²) in [6.07, 6.45) is 0. The van der Waals surface area contributed by atoms with Gasteiger partial charge >= 0.3 is 0 Å². The molecule has 0 radical (unpaired) electrons. The zero-order valence-electron chi connectivity index (χ0n) is 8.78. The Balaban J connectivity index is 2.76. The Morgan fingerprint density at radius 3 is 2.73 bits per heavy atom. The molecule has 0 heterocycles. The van der Waals surface area contributed by atoms with E-state index < -0.39 is 0 Å². The van der Waals surface area contributed by atoms with Gasteiger partial charge in [0.05, 0.1) is 5.25 Å². The molecule has 1 aromatic rings. The minimum atomic E-state index is -0.250. The number of nitrogen functional groups attached to an aromatic ring is 1. The van der Waals surface area contributed by atoms with Gasteiger partial charge in [0.25, 0.3) is 0 Å². The Morgan fingerprint density at radius 2 is 2.20 bits per heavy atom. The van der Waals surface area contributed by atoms with Gasteiger partial charge in [0, 0.05) is 10.6 Å². The van der Waals surface area contributed by atoms with E-state index in [2.05, 4.69) is 5.43 Å². The largest absolute Gasteiger partial charge is 0.398 e. The lowest BCUT2D eigenvalue weighted by Crippen LogP contribution is -2.36. The zero-order chi connectivity index (χ0) is 11.4. The lowest BCUT2D eigenvalue weighted by atomic mass is 10.2. The van der Waals surface area contributed by atoms with E-state index in [1.54, 1.807) is 6.92 Å². The number of hydrazine groups is 1. The molecular formula is C10H15N3OS. The van der Waals surface area contributed by atoms with Crippen LogP contribution in [0.3, 0.4) is 0 Å². The van der Waals surface area contributed by atoms with Crippen LogP contribution in [0.25, 0.3) is 0 Å². The van der Waals surface area contributed by atoms with Crippen molar-refractivity contribution in [3.05, 3.63) is 23.8 Å². The Hall–Kier alpha value is -1.20. The maximum absolute atomic E-state index is 11.2. The van der Waals surface area contributed by atoms with Gasteiger partial charge < -0.3 is 5.73 Å². The van der Waals surface area contributed by atoms with Gasteiger partial charge in [0.15, 0.2) is 0 Å². The topological polar surface area (TPSA) is 81.1 Å². The number of aryl methyl sites for hydroxylation is 1. The Morgan fingerprint density at radius 1 is 1.53 bits per heavy atom. The van der Waals surface area contributed by atoms with E-state index in [0.717, 1.165) is 10.5 Å². The van der Waals surface area contributed by atoms with E-state index in [0.29, 0.717) is 5.69 Å². The summed E-state index contributed by atoms with van der Waals surface area (Å²) >= 11 is 1.39. The molecule has 1 rings (SSSR count). The summed E-state index contributed by atoms with van der Waals surface area (Å²) < 4.78 is 0. The molecule has 1 amide bonds. The molecule has 0 aromatic heterocycles. The van der Waals surface area contributed by atoms with Crippen LogP contribution in [0, 0.1) is 6.92 Å². The second kappa shape index (κ2) is 5.04. The number of hydrogen-bond acceptors (Lipinski definition) is 4. The molecular weight excluding hydrogens is 210 g/mol. The van der Waals surface area contributed by atoms with Gasteiger partial charge in [-0.1, -0.05) is 6.07 Å². The molecule has 5 N–H and O–H groups in total. The first kappa shape index (κ1) is 11.9. The third kappa shape index (κ3) is 3.14. The molecule has 0 aliphatic rings. The molecule has 0 spiro atoms. The van der Waals surface area contributed by atoms with Crippen molar-refractivity contribution in [2.75, 3.05) is 5.73 Å². The lowest BCUT2D eigenvalue weighted by Gasteiger charge is -2.11. The Labute approximate surface area is 93.4 Å². The van der Waals surface area contributed by atoms with E-state index in [4.69, 9.17) is 11.6 Å². The quantitative estimate of drug-likeness (QED) is 0.236. The maximum Gasteiger partial charge on any atom is 0.247 e. The summed E-state index contributed by atoms with van der Waals surface area (Å²) in [5.74, 6) is 4.84. The number of amides is 1. The standard InChI is InChI=1S/C10H15N3OS/c1-6-3-4-9(8(11)5-6)15-7(2)10(14)13-12/h3-5,7H,11-12H2,1-2H3,(H,13,14). The van der Waals surface area contributed by atoms with E-state index in [1.807, 2.05) is 25.1 Å². The molecule has 0 saturated carbocycles. The molecule has 1 unspecified atom stereocenters. The summed E-state index contributed by atoms with van der Waals surface area (Å²) in [6.45, 7) is 3.76. The van der Waals surface area contributed by atoms with Crippen LogP contribution in [-0.4, -0.2) is 11.2 Å². The van der Waals surface area contributed by atoms with Crippen LogP contribution in [-0.2, 0) is 4.79 Å². The molecule has 0 aliphatic carbocycles. The van der Waals surface area contributed by atoms with Gasteiger partial charge in [0.2, 0.25) is 5.91 Å². The number of nitrogens with one attached hydrogen (secondary N) is 1. The Kier molecular flexibility index (Phi) is 3.99. The third-order valence-electron chi connectivity index (χ3n) is 1.98. The molecule has 0 aliphatic heterocycles. The highest BCUT2D eigenvalue weighted by atomic mass is 32.2. The monoisotopic (exact) mass is 225 g/mol. The normalized spacial score (nSPS) is 12.2. The fraction of sp³-hybridized carbons (Fsp3) is 0.300. The molecule has 4 nitrogen and oxygen atoms in total. The van der Waals surface area contributed by atoms with E-state index in [1.165, 1.54) is 11.8 Å². The molecule has 0 fully saturated rings. The fourth-order valence-corrected chi connectivity index (χ4v) is 2.03. The number of carbonyl (C=O) groups is 1. The number of nitrogens with two attached hydrogens (primary N) is 2. The van der Waals surface area contributed by atoms with Gasteiger partial charge in [-0.15, -0.1) is 11.8 Å². The molecule has 5 heteroatoms. The minimum absolute atomic E-state index is 0.208. The molecule has 82 valence electrons. The van der Waals surface area contributed by atoms with Crippen molar-refractivity contribution in [1.82, 2.24) is 5.43 Å². The first-order valence-corrected chi connectivity index (χ1v) is 5.46. The van der Waals surface area contributed by atoms with Crippen LogP contribution >= 0.6 is 11.8 Å². The van der Waals surface area contributed by atoms with Crippen LogP contribution in [0.1, 0.15) is 12.5 Å². The van der Waals surface area contributed by atoms with Crippen molar-refractivity contribution in [3.8, 4) is 0 Å². The average Bonchev–Trinajstić information content (AvgIpc) is 2.20. The number of thioether (sulfide) groups is 1. The number of carbonyl (C=O) groups excluding carboxylic acids is 1. The van der Waals surface area contributed by atoms with E-state index in [-0.39, 0.29) is 11.2 Å². The number of anilines is 1. The van der Waals surface area contributed by atoms with Crippen molar-refractivity contribution in [2.45, 2.75) is 24.0 Å². The number of hydrogen-bond donors (Lipinski definition) is 3.